The number of hydrogen-bond donors (Lipinski definition) is 2. The molecule has 2 heterocycles. The van der Waals surface area contributed by atoms with Crippen LogP contribution in [0.1, 0.15) is 17.5 Å². The largest absolute Gasteiger partial charge is 0.348 e. The van der Waals surface area contributed by atoms with Crippen molar-refractivity contribution < 1.29 is 4.52 Å². The van der Waals surface area contributed by atoms with Crippen LogP contribution in [-0.2, 0) is 13.1 Å². The molecule has 2 rings (SSSR count). The van der Waals surface area contributed by atoms with Crippen LogP contribution in [0.25, 0.3) is 0 Å². The summed E-state index contributed by atoms with van der Waals surface area (Å²) in [5.41, 5.74) is 0. The monoisotopic (exact) mass is 193 g/mol. The van der Waals surface area contributed by atoms with E-state index in [0.29, 0.717) is 24.8 Å². The Balaban J connectivity index is 1.78. The van der Waals surface area contributed by atoms with Crippen molar-refractivity contribution in [1.82, 2.24) is 25.4 Å². The fourth-order valence-electron chi connectivity index (χ4n) is 1.10. The molecule has 0 aromatic carbocycles. The molecule has 0 bridgehead atoms. The maximum Gasteiger partial charge on any atom is 0.223 e. The molecule has 6 heteroatoms. The molecule has 2 aromatic heterocycles. The molecule has 0 saturated heterocycles. The number of aromatic nitrogens is 4. The minimum absolute atomic E-state index is 0.581. The molecule has 74 valence electrons. The van der Waals surface area contributed by atoms with Gasteiger partial charge < -0.3 is 14.8 Å². The molecule has 0 amide bonds. The molecule has 2 N–H and O–H groups in total. The summed E-state index contributed by atoms with van der Waals surface area (Å²) >= 11 is 0. The van der Waals surface area contributed by atoms with Crippen molar-refractivity contribution in [1.29, 1.82) is 0 Å². The minimum Gasteiger partial charge on any atom is -0.348 e. The first kappa shape index (κ1) is 8.89. The van der Waals surface area contributed by atoms with Gasteiger partial charge in [-0.2, -0.15) is 4.98 Å². The van der Waals surface area contributed by atoms with E-state index >= 15 is 0 Å². The highest BCUT2D eigenvalue weighted by Gasteiger charge is 2.01. The van der Waals surface area contributed by atoms with Crippen LogP contribution in [-0.4, -0.2) is 20.1 Å². The maximum atomic E-state index is 4.83. The molecule has 0 aliphatic carbocycles. The van der Waals surface area contributed by atoms with Gasteiger partial charge in [-0.3, -0.25) is 0 Å². The molecule has 0 fully saturated rings. The summed E-state index contributed by atoms with van der Waals surface area (Å²) in [5.74, 6) is 2.14. The molecule has 0 unspecified atom stereocenters. The lowest BCUT2D eigenvalue weighted by Crippen LogP contribution is -2.14. The van der Waals surface area contributed by atoms with Gasteiger partial charge >= 0.3 is 0 Å². The van der Waals surface area contributed by atoms with Crippen LogP contribution in [0, 0.1) is 6.92 Å². The van der Waals surface area contributed by atoms with Crippen molar-refractivity contribution in [2.45, 2.75) is 20.0 Å². The SMILES string of the molecule is Cc1nc(CNCc2ncc[nH]2)no1. The van der Waals surface area contributed by atoms with Gasteiger partial charge in [0.2, 0.25) is 5.89 Å². The molecule has 0 radical (unpaired) electrons. The molecular weight excluding hydrogens is 182 g/mol. The number of aromatic amines is 1. The summed E-state index contributed by atoms with van der Waals surface area (Å²) in [7, 11) is 0. The summed E-state index contributed by atoms with van der Waals surface area (Å²) in [4.78, 5) is 11.1. The highest BCUT2D eigenvalue weighted by Crippen LogP contribution is 1.94. The van der Waals surface area contributed by atoms with Crippen molar-refractivity contribution in [2.24, 2.45) is 0 Å². The van der Waals surface area contributed by atoms with E-state index in [-0.39, 0.29) is 0 Å². The Labute approximate surface area is 80.7 Å². The number of imidazole rings is 1. The normalized spacial score (nSPS) is 10.6. The number of nitrogens with zero attached hydrogens (tertiary/aromatic N) is 3. The Bertz CT molecular complexity index is 380. The fourth-order valence-corrected chi connectivity index (χ4v) is 1.10. The Morgan fingerprint density at radius 1 is 1.50 bits per heavy atom. The average molecular weight is 193 g/mol. The number of rotatable bonds is 4. The first-order chi connectivity index (χ1) is 6.84. The Kier molecular flexibility index (Phi) is 2.55. The van der Waals surface area contributed by atoms with Crippen LogP contribution in [0.5, 0.6) is 0 Å². The summed E-state index contributed by atoms with van der Waals surface area (Å²) in [5, 5.41) is 6.89. The zero-order valence-corrected chi connectivity index (χ0v) is 7.82. The van der Waals surface area contributed by atoms with Crippen LogP contribution in [0.4, 0.5) is 0 Å². The second kappa shape index (κ2) is 4.01. The number of H-pyrrole nitrogens is 1. The van der Waals surface area contributed by atoms with Gasteiger partial charge in [-0.15, -0.1) is 0 Å². The van der Waals surface area contributed by atoms with E-state index in [0.717, 1.165) is 5.82 Å². The summed E-state index contributed by atoms with van der Waals surface area (Å²) in [6.07, 6.45) is 3.50. The van der Waals surface area contributed by atoms with Crippen molar-refractivity contribution >= 4 is 0 Å². The van der Waals surface area contributed by atoms with Crippen molar-refractivity contribution in [3.8, 4) is 0 Å². The van der Waals surface area contributed by atoms with Gasteiger partial charge in [0.15, 0.2) is 5.82 Å². The standard InChI is InChI=1S/C8H11N5O/c1-6-12-8(13-14-6)5-9-4-7-10-2-3-11-7/h2-3,9H,4-5H2,1H3,(H,10,11). The summed E-state index contributed by atoms with van der Waals surface area (Å²) < 4.78 is 4.83. The van der Waals surface area contributed by atoms with Gasteiger partial charge in [0.1, 0.15) is 5.82 Å². The first-order valence-corrected chi connectivity index (χ1v) is 4.33. The molecular formula is C8H11N5O. The summed E-state index contributed by atoms with van der Waals surface area (Å²) in [6, 6.07) is 0. The zero-order valence-electron chi connectivity index (χ0n) is 7.82. The zero-order chi connectivity index (χ0) is 9.80. The van der Waals surface area contributed by atoms with Crippen molar-refractivity contribution in [3.63, 3.8) is 0 Å². The molecule has 0 saturated carbocycles. The van der Waals surface area contributed by atoms with Crippen LogP contribution >= 0.6 is 0 Å². The lowest BCUT2D eigenvalue weighted by molar-refractivity contribution is 0.385. The third kappa shape index (κ3) is 2.17. The van der Waals surface area contributed by atoms with Crippen molar-refractivity contribution in [2.75, 3.05) is 0 Å². The maximum absolute atomic E-state index is 4.83. The Hall–Kier alpha value is -1.69. The number of aryl methyl sites for hydroxylation is 1. The van der Waals surface area contributed by atoms with Crippen molar-refractivity contribution in [3.05, 3.63) is 29.9 Å². The molecule has 0 aliphatic heterocycles. The second-order valence-corrected chi connectivity index (χ2v) is 2.87. The molecule has 14 heavy (non-hydrogen) atoms. The van der Waals surface area contributed by atoms with Crippen LogP contribution in [0.15, 0.2) is 16.9 Å². The lowest BCUT2D eigenvalue weighted by atomic mass is 10.5. The predicted octanol–water partition coefficient (Wildman–Crippen LogP) is 0.391. The topological polar surface area (TPSA) is 79.6 Å². The minimum atomic E-state index is 0.581. The first-order valence-electron chi connectivity index (χ1n) is 4.33. The third-order valence-corrected chi connectivity index (χ3v) is 1.70. The molecule has 0 aliphatic rings. The van der Waals surface area contributed by atoms with E-state index in [4.69, 9.17) is 4.52 Å². The third-order valence-electron chi connectivity index (χ3n) is 1.70. The molecule has 0 spiro atoms. The van der Waals surface area contributed by atoms with Crippen LogP contribution in [0.3, 0.4) is 0 Å². The Morgan fingerprint density at radius 3 is 3.07 bits per heavy atom. The van der Waals surface area contributed by atoms with Gasteiger partial charge in [0.05, 0.1) is 13.1 Å². The van der Waals surface area contributed by atoms with E-state index in [9.17, 15) is 0 Å². The van der Waals surface area contributed by atoms with E-state index < -0.39 is 0 Å². The van der Waals surface area contributed by atoms with Gasteiger partial charge in [-0.25, -0.2) is 4.98 Å². The molecule has 2 aromatic rings. The van der Waals surface area contributed by atoms with Crippen LogP contribution < -0.4 is 5.32 Å². The van der Waals surface area contributed by atoms with Gasteiger partial charge in [0, 0.05) is 19.3 Å². The molecule has 0 atom stereocenters. The number of nitrogens with one attached hydrogen (secondary N) is 2. The lowest BCUT2D eigenvalue weighted by Gasteiger charge is -1.96. The molecule has 6 nitrogen and oxygen atoms in total. The van der Waals surface area contributed by atoms with E-state index in [1.807, 2.05) is 0 Å². The van der Waals surface area contributed by atoms with Crippen LogP contribution in [0.2, 0.25) is 0 Å². The second-order valence-electron chi connectivity index (χ2n) is 2.87. The van der Waals surface area contributed by atoms with E-state index in [2.05, 4.69) is 25.4 Å². The predicted molar refractivity (Wildman–Crippen MR) is 48.2 cm³/mol. The van der Waals surface area contributed by atoms with E-state index in [1.54, 1.807) is 19.3 Å². The summed E-state index contributed by atoms with van der Waals surface area (Å²) in [6.45, 7) is 3.02. The fraction of sp³-hybridized carbons (Fsp3) is 0.375. The highest BCUT2D eigenvalue weighted by molar-refractivity contribution is 4.88. The quantitative estimate of drug-likeness (QED) is 0.734. The van der Waals surface area contributed by atoms with Gasteiger partial charge in [-0.1, -0.05) is 5.16 Å². The highest BCUT2D eigenvalue weighted by atomic mass is 16.5. The average Bonchev–Trinajstić information content (AvgIpc) is 2.77. The van der Waals surface area contributed by atoms with Gasteiger partial charge in [0.25, 0.3) is 0 Å². The number of hydrogen-bond acceptors (Lipinski definition) is 5. The van der Waals surface area contributed by atoms with Gasteiger partial charge in [-0.05, 0) is 0 Å². The Morgan fingerprint density at radius 2 is 2.43 bits per heavy atom. The smallest absolute Gasteiger partial charge is 0.223 e. The van der Waals surface area contributed by atoms with E-state index in [1.165, 1.54) is 0 Å².